The van der Waals surface area contributed by atoms with Gasteiger partial charge >= 0.3 is 6.18 Å². The van der Waals surface area contributed by atoms with Crippen LogP contribution in [0.2, 0.25) is 0 Å². The van der Waals surface area contributed by atoms with Crippen LogP contribution in [0.4, 0.5) is 18.9 Å². The topological polar surface area (TPSA) is 74.4 Å². The molecule has 2 aromatic carbocycles. The number of alkyl halides is 3. The Labute approximate surface area is 188 Å². The lowest BCUT2D eigenvalue weighted by molar-refractivity contribution is -0.138. The van der Waals surface area contributed by atoms with Crippen molar-refractivity contribution in [2.24, 2.45) is 0 Å². The molecule has 4 rings (SSSR count). The first-order valence-corrected chi connectivity index (χ1v) is 10.4. The Bertz CT molecular complexity index is 1190. The molecule has 0 saturated carbocycles. The Morgan fingerprint density at radius 3 is 2.42 bits per heavy atom. The number of anilines is 1. The number of carbonyl (C=O) groups excluding carboxylic acids is 1. The van der Waals surface area contributed by atoms with Crippen molar-refractivity contribution >= 4 is 11.6 Å². The summed E-state index contributed by atoms with van der Waals surface area (Å²) in [4.78, 5) is 29.4. The molecule has 0 unspecified atom stereocenters. The third-order valence-corrected chi connectivity index (χ3v) is 5.45. The van der Waals surface area contributed by atoms with Gasteiger partial charge in [-0.2, -0.15) is 13.2 Å². The molecule has 3 aromatic rings. The Hall–Kier alpha value is -3.59. The lowest BCUT2D eigenvalue weighted by atomic mass is 10.0. The van der Waals surface area contributed by atoms with Crippen molar-refractivity contribution in [2.45, 2.75) is 12.7 Å². The summed E-state index contributed by atoms with van der Waals surface area (Å²) in [5.41, 5.74) is 0.0756. The molecule has 33 heavy (non-hydrogen) atoms. The van der Waals surface area contributed by atoms with Crippen LogP contribution in [0, 0.1) is 0 Å². The maximum atomic E-state index is 13.7. The van der Waals surface area contributed by atoms with Gasteiger partial charge in [-0.1, -0.05) is 36.4 Å². The van der Waals surface area contributed by atoms with Gasteiger partial charge < -0.3 is 19.9 Å². The molecule has 6 nitrogen and oxygen atoms in total. The van der Waals surface area contributed by atoms with Gasteiger partial charge in [0.05, 0.1) is 18.8 Å². The van der Waals surface area contributed by atoms with Gasteiger partial charge in [-0.05, 0) is 35.4 Å². The van der Waals surface area contributed by atoms with Crippen LogP contribution in [0.3, 0.4) is 0 Å². The first-order valence-electron chi connectivity index (χ1n) is 10.4. The number of ether oxygens (including phenoxy) is 1. The van der Waals surface area contributed by atoms with Crippen molar-refractivity contribution < 1.29 is 22.7 Å². The number of H-pyrrole nitrogens is 1. The first kappa shape index (κ1) is 22.6. The summed E-state index contributed by atoms with van der Waals surface area (Å²) in [6.45, 7) is 1.56. The molecule has 2 N–H and O–H groups in total. The molecule has 2 heterocycles. The molecule has 1 aliphatic heterocycles. The predicted octanol–water partition coefficient (Wildman–Crippen LogP) is 3.83. The van der Waals surface area contributed by atoms with Gasteiger partial charge in [0.15, 0.2) is 0 Å². The SMILES string of the molecule is O=C(NCc1ccc(N2CCOCC2)cc1C(F)(F)F)c1ccc(-c2ccccc2)[nH]c1=O. The van der Waals surface area contributed by atoms with Crippen molar-refractivity contribution in [3.8, 4) is 11.3 Å². The van der Waals surface area contributed by atoms with E-state index in [-0.39, 0.29) is 17.7 Å². The van der Waals surface area contributed by atoms with E-state index in [1.54, 1.807) is 12.1 Å². The molecule has 0 atom stereocenters. The van der Waals surface area contributed by atoms with Gasteiger partial charge in [-0.15, -0.1) is 0 Å². The Balaban J connectivity index is 1.51. The van der Waals surface area contributed by atoms with Crippen molar-refractivity contribution in [1.82, 2.24) is 10.3 Å². The highest BCUT2D eigenvalue weighted by molar-refractivity contribution is 5.94. The number of carbonyl (C=O) groups is 1. The van der Waals surface area contributed by atoms with Crippen molar-refractivity contribution in [3.05, 3.63) is 87.7 Å². The molecule has 1 aromatic heterocycles. The van der Waals surface area contributed by atoms with Crippen LogP contribution < -0.4 is 15.8 Å². The maximum Gasteiger partial charge on any atom is 0.416 e. The van der Waals surface area contributed by atoms with E-state index in [9.17, 15) is 22.8 Å². The zero-order valence-electron chi connectivity index (χ0n) is 17.6. The van der Waals surface area contributed by atoms with E-state index >= 15 is 0 Å². The van der Waals surface area contributed by atoms with Gasteiger partial charge in [0.1, 0.15) is 5.56 Å². The Morgan fingerprint density at radius 1 is 1.03 bits per heavy atom. The largest absolute Gasteiger partial charge is 0.416 e. The molecule has 1 saturated heterocycles. The lowest BCUT2D eigenvalue weighted by Crippen LogP contribution is -2.36. The number of rotatable bonds is 5. The molecule has 0 radical (unpaired) electrons. The number of hydrogen-bond donors (Lipinski definition) is 2. The third kappa shape index (κ3) is 5.25. The number of amides is 1. The minimum absolute atomic E-state index is 0.0785. The average Bonchev–Trinajstić information content (AvgIpc) is 2.83. The summed E-state index contributed by atoms with van der Waals surface area (Å²) < 4.78 is 46.4. The number of aromatic nitrogens is 1. The number of nitrogens with zero attached hydrogens (tertiary/aromatic N) is 1. The van der Waals surface area contributed by atoms with Crippen molar-refractivity contribution in [1.29, 1.82) is 0 Å². The molecule has 0 aliphatic carbocycles. The van der Waals surface area contributed by atoms with E-state index in [1.807, 2.05) is 35.2 Å². The quantitative estimate of drug-likeness (QED) is 0.611. The molecule has 1 aliphatic rings. The molecule has 0 bridgehead atoms. The number of aromatic amines is 1. The fourth-order valence-corrected chi connectivity index (χ4v) is 3.71. The number of nitrogens with one attached hydrogen (secondary N) is 2. The first-order chi connectivity index (χ1) is 15.8. The summed E-state index contributed by atoms with van der Waals surface area (Å²) in [7, 11) is 0. The second kappa shape index (κ2) is 9.50. The van der Waals surface area contributed by atoms with E-state index < -0.39 is 23.2 Å². The summed E-state index contributed by atoms with van der Waals surface area (Å²) in [6.07, 6.45) is -4.59. The lowest BCUT2D eigenvalue weighted by Gasteiger charge is -2.29. The maximum absolute atomic E-state index is 13.7. The van der Waals surface area contributed by atoms with Gasteiger partial charge in [0.25, 0.3) is 11.5 Å². The van der Waals surface area contributed by atoms with Gasteiger partial charge in [0.2, 0.25) is 0 Å². The average molecular weight is 457 g/mol. The molecule has 1 amide bonds. The molecule has 1 fully saturated rings. The van der Waals surface area contributed by atoms with Crippen LogP contribution >= 0.6 is 0 Å². The van der Waals surface area contributed by atoms with Crippen LogP contribution in [0.1, 0.15) is 21.5 Å². The second-order valence-electron chi connectivity index (χ2n) is 7.60. The van der Waals surface area contributed by atoms with Crippen molar-refractivity contribution in [3.63, 3.8) is 0 Å². The second-order valence-corrected chi connectivity index (χ2v) is 7.60. The van der Waals surface area contributed by atoms with E-state index in [4.69, 9.17) is 4.74 Å². The number of pyridine rings is 1. The number of morpholine rings is 1. The van der Waals surface area contributed by atoms with Crippen molar-refractivity contribution in [2.75, 3.05) is 31.2 Å². The fourth-order valence-electron chi connectivity index (χ4n) is 3.71. The van der Waals surface area contributed by atoms with E-state index in [0.29, 0.717) is 37.7 Å². The van der Waals surface area contributed by atoms with Gasteiger partial charge in [-0.3, -0.25) is 9.59 Å². The summed E-state index contributed by atoms with van der Waals surface area (Å²) in [6, 6.07) is 16.1. The van der Waals surface area contributed by atoms with Crippen LogP contribution in [-0.4, -0.2) is 37.2 Å². The molecule has 172 valence electrons. The van der Waals surface area contributed by atoms with E-state index in [0.717, 1.165) is 11.6 Å². The molecular formula is C24H22F3N3O3. The number of hydrogen-bond acceptors (Lipinski definition) is 4. The molecular weight excluding hydrogens is 435 g/mol. The highest BCUT2D eigenvalue weighted by Crippen LogP contribution is 2.35. The smallest absolute Gasteiger partial charge is 0.378 e. The third-order valence-electron chi connectivity index (χ3n) is 5.45. The van der Waals surface area contributed by atoms with Crippen LogP contribution in [-0.2, 0) is 17.5 Å². The number of benzene rings is 2. The van der Waals surface area contributed by atoms with Gasteiger partial charge in [-0.25, -0.2) is 0 Å². The summed E-state index contributed by atoms with van der Waals surface area (Å²) >= 11 is 0. The van der Waals surface area contributed by atoms with Crippen LogP contribution in [0.5, 0.6) is 0 Å². The standard InChI is InChI=1S/C24H22F3N3O3/c25-24(26,27)20-14-18(30-10-12-33-13-11-30)7-6-17(20)15-28-22(31)19-8-9-21(29-23(19)32)16-4-2-1-3-5-16/h1-9,14H,10-13,15H2,(H,28,31)(H,29,32). The van der Waals surface area contributed by atoms with E-state index in [2.05, 4.69) is 10.3 Å². The monoisotopic (exact) mass is 457 g/mol. The Morgan fingerprint density at radius 2 is 1.76 bits per heavy atom. The summed E-state index contributed by atoms with van der Waals surface area (Å²) in [5, 5.41) is 2.43. The fraction of sp³-hybridized carbons (Fsp3) is 0.250. The highest BCUT2D eigenvalue weighted by Gasteiger charge is 2.34. The molecule has 0 spiro atoms. The zero-order valence-corrected chi connectivity index (χ0v) is 17.6. The number of halogens is 3. The highest BCUT2D eigenvalue weighted by atomic mass is 19.4. The summed E-state index contributed by atoms with van der Waals surface area (Å²) in [5.74, 6) is -0.749. The molecule has 9 heteroatoms. The normalized spacial score (nSPS) is 14.2. The van der Waals surface area contributed by atoms with Gasteiger partial charge in [0, 0.05) is 31.0 Å². The minimum atomic E-state index is -4.59. The zero-order chi connectivity index (χ0) is 23.4. The Kier molecular flexibility index (Phi) is 6.50. The van der Waals surface area contributed by atoms with Crippen LogP contribution in [0.15, 0.2) is 65.5 Å². The van der Waals surface area contributed by atoms with E-state index in [1.165, 1.54) is 12.1 Å². The predicted molar refractivity (Wildman–Crippen MR) is 118 cm³/mol. The minimum Gasteiger partial charge on any atom is -0.378 e. The van der Waals surface area contributed by atoms with Crippen LogP contribution in [0.25, 0.3) is 11.3 Å².